The number of nitrogens with one attached hydrogen (secondary N) is 2. The third-order valence-corrected chi connectivity index (χ3v) is 6.21. The number of morpholine rings is 1. The number of aromatic nitrogens is 1. The Balaban J connectivity index is 1.52. The van der Waals surface area contributed by atoms with Crippen molar-refractivity contribution < 1.29 is 14.3 Å². The summed E-state index contributed by atoms with van der Waals surface area (Å²) >= 11 is 1.65. The van der Waals surface area contributed by atoms with Crippen molar-refractivity contribution in [3.8, 4) is 0 Å². The van der Waals surface area contributed by atoms with Gasteiger partial charge in [-0.05, 0) is 44.1 Å². The average Bonchev–Trinajstić information content (AvgIpc) is 3.12. The molecule has 0 spiro atoms. The quantitative estimate of drug-likeness (QED) is 0.848. The summed E-state index contributed by atoms with van der Waals surface area (Å²) in [6.07, 6.45) is 1.36. The van der Waals surface area contributed by atoms with Crippen molar-refractivity contribution in [2.45, 2.75) is 18.4 Å². The smallest absolute Gasteiger partial charge is 0.256 e. The van der Waals surface area contributed by atoms with Crippen LogP contribution >= 0.6 is 11.3 Å². The predicted octanol–water partition coefficient (Wildman–Crippen LogP) is 1.84. The summed E-state index contributed by atoms with van der Waals surface area (Å²) in [4.78, 5) is 19.8. The van der Waals surface area contributed by atoms with Crippen molar-refractivity contribution >= 4 is 38.3 Å². The van der Waals surface area contributed by atoms with E-state index in [1.54, 1.807) is 18.4 Å². The summed E-state index contributed by atoms with van der Waals surface area (Å²) < 4.78 is 12.1. The topological polar surface area (TPSA) is 75.7 Å². The van der Waals surface area contributed by atoms with Gasteiger partial charge < -0.3 is 25.0 Å². The van der Waals surface area contributed by atoms with E-state index in [1.807, 2.05) is 18.2 Å². The Bertz CT molecular complexity index is 782. The molecule has 1 aromatic carbocycles. The first kappa shape index (κ1) is 17.7. The number of hydrogen-bond acceptors (Lipinski definition) is 7. The Kier molecular flexibility index (Phi) is 5.08. The summed E-state index contributed by atoms with van der Waals surface area (Å²) in [5.41, 5.74) is 1.000. The largest absolute Gasteiger partial charge is 0.378 e. The minimum atomic E-state index is -0.743. The van der Waals surface area contributed by atoms with Gasteiger partial charge in [0, 0.05) is 25.9 Å². The molecular formula is C18H24N4O3S. The summed E-state index contributed by atoms with van der Waals surface area (Å²) in [5.74, 6) is -0.0706. The summed E-state index contributed by atoms with van der Waals surface area (Å²) in [7, 11) is 1.62. The molecular weight excluding hydrogens is 352 g/mol. The van der Waals surface area contributed by atoms with Crippen molar-refractivity contribution in [1.82, 2.24) is 10.3 Å². The number of benzene rings is 1. The second-order valence-corrected chi connectivity index (χ2v) is 7.69. The molecule has 0 bridgehead atoms. The maximum Gasteiger partial charge on any atom is 0.256 e. The lowest BCUT2D eigenvalue weighted by atomic mass is 9.91. The molecule has 2 fully saturated rings. The number of hydrogen-bond donors (Lipinski definition) is 2. The van der Waals surface area contributed by atoms with Crippen molar-refractivity contribution in [1.29, 1.82) is 0 Å². The predicted molar refractivity (Wildman–Crippen MR) is 103 cm³/mol. The fraction of sp³-hybridized carbons (Fsp3) is 0.556. The van der Waals surface area contributed by atoms with E-state index in [0.29, 0.717) is 12.8 Å². The highest BCUT2D eigenvalue weighted by molar-refractivity contribution is 7.22. The Labute approximate surface area is 156 Å². The number of anilines is 2. The molecule has 26 heavy (non-hydrogen) atoms. The van der Waals surface area contributed by atoms with E-state index in [-0.39, 0.29) is 5.91 Å². The molecule has 0 saturated carbocycles. The van der Waals surface area contributed by atoms with Crippen LogP contribution in [0.5, 0.6) is 0 Å². The minimum absolute atomic E-state index is 0.0706. The standard InChI is InChI=1S/C18H24N4O3S/c1-24-18(4-6-19-7-5-18)16(23)20-13-2-3-14-15(12-13)26-17(21-14)22-8-10-25-11-9-22/h2-3,12,19H,4-11H2,1H3,(H,20,23). The first-order chi connectivity index (χ1) is 12.7. The van der Waals surface area contributed by atoms with Gasteiger partial charge in [0.15, 0.2) is 5.13 Å². The van der Waals surface area contributed by atoms with Gasteiger partial charge in [-0.2, -0.15) is 0 Å². The van der Waals surface area contributed by atoms with Crippen LogP contribution in [0.2, 0.25) is 0 Å². The number of fused-ring (bicyclic) bond motifs is 1. The molecule has 4 rings (SSSR count). The molecule has 2 aliphatic heterocycles. The van der Waals surface area contributed by atoms with Gasteiger partial charge in [-0.1, -0.05) is 11.3 Å². The molecule has 2 N–H and O–H groups in total. The van der Waals surface area contributed by atoms with Crippen LogP contribution in [0.1, 0.15) is 12.8 Å². The van der Waals surface area contributed by atoms with Gasteiger partial charge in [0.25, 0.3) is 5.91 Å². The highest BCUT2D eigenvalue weighted by Crippen LogP contribution is 2.32. The average molecular weight is 376 g/mol. The molecule has 2 aliphatic rings. The zero-order valence-electron chi connectivity index (χ0n) is 14.9. The number of thiazole rings is 1. The molecule has 0 atom stereocenters. The second kappa shape index (κ2) is 7.48. The van der Waals surface area contributed by atoms with Crippen LogP contribution in [0, 0.1) is 0 Å². The Hall–Kier alpha value is -1.74. The summed E-state index contributed by atoms with van der Waals surface area (Å²) in [6.45, 7) is 4.80. The zero-order valence-corrected chi connectivity index (χ0v) is 15.7. The highest BCUT2D eigenvalue weighted by atomic mass is 32.1. The zero-order chi connectivity index (χ0) is 18.0. The van der Waals surface area contributed by atoms with Crippen LogP contribution in [0.4, 0.5) is 10.8 Å². The van der Waals surface area contributed by atoms with Crippen molar-refractivity contribution in [2.75, 3.05) is 56.7 Å². The van der Waals surface area contributed by atoms with Crippen LogP contribution in [0.25, 0.3) is 10.2 Å². The molecule has 7 nitrogen and oxygen atoms in total. The van der Waals surface area contributed by atoms with Crippen molar-refractivity contribution in [2.24, 2.45) is 0 Å². The number of nitrogens with zero attached hydrogens (tertiary/aromatic N) is 2. The third kappa shape index (κ3) is 3.42. The Morgan fingerprint density at radius 2 is 2.12 bits per heavy atom. The Morgan fingerprint density at radius 3 is 2.85 bits per heavy atom. The fourth-order valence-electron chi connectivity index (χ4n) is 3.48. The lowest BCUT2D eigenvalue weighted by Gasteiger charge is -2.34. The van der Waals surface area contributed by atoms with E-state index in [4.69, 9.17) is 14.5 Å². The normalized spacial score (nSPS) is 20.3. The maximum atomic E-state index is 12.8. The van der Waals surface area contributed by atoms with E-state index in [9.17, 15) is 4.79 Å². The molecule has 2 saturated heterocycles. The number of carbonyl (C=O) groups is 1. The molecule has 8 heteroatoms. The highest BCUT2D eigenvalue weighted by Gasteiger charge is 2.39. The SMILES string of the molecule is COC1(C(=O)Nc2ccc3nc(N4CCOCC4)sc3c2)CCNCC1. The van der Waals surface area contributed by atoms with Gasteiger partial charge in [-0.15, -0.1) is 0 Å². The molecule has 1 aromatic heterocycles. The molecule has 0 radical (unpaired) electrons. The second-order valence-electron chi connectivity index (χ2n) is 6.68. The van der Waals surface area contributed by atoms with Crippen LogP contribution in [0.3, 0.4) is 0 Å². The number of ether oxygens (including phenoxy) is 2. The molecule has 0 unspecified atom stereocenters. The van der Waals surface area contributed by atoms with Gasteiger partial charge >= 0.3 is 0 Å². The van der Waals surface area contributed by atoms with Gasteiger partial charge in [-0.25, -0.2) is 4.98 Å². The minimum Gasteiger partial charge on any atom is -0.378 e. The number of carbonyl (C=O) groups excluding carboxylic acids is 1. The lowest BCUT2D eigenvalue weighted by Crippen LogP contribution is -2.51. The molecule has 1 amide bonds. The van der Waals surface area contributed by atoms with Gasteiger partial charge in [0.2, 0.25) is 0 Å². The summed E-state index contributed by atoms with van der Waals surface area (Å²) in [5, 5.41) is 7.32. The van der Waals surface area contributed by atoms with Crippen LogP contribution in [-0.4, -0.2) is 63.0 Å². The van der Waals surface area contributed by atoms with E-state index in [2.05, 4.69) is 15.5 Å². The number of piperidine rings is 1. The third-order valence-electron chi connectivity index (χ3n) is 5.13. The molecule has 2 aromatic rings. The number of rotatable bonds is 4. The molecule has 0 aliphatic carbocycles. The van der Waals surface area contributed by atoms with Crippen molar-refractivity contribution in [3.05, 3.63) is 18.2 Å². The fourth-order valence-corrected chi connectivity index (χ4v) is 4.54. The maximum absolute atomic E-state index is 12.8. The monoisotopic (exact) mass is 376 g/mol. The molecule has 140 valence electrons. The lowest BCUT2D eigenvalue weighted by molar-refractivity contribution is -0.140. The first-order valence-corrected chi connectivity index (χ1v) is 9.82. The van der Waals surface area contributed by atoms with E-state index in [0.717, 1.165) is 60.4 Å². The van der Waals surface area contributed by atoms with Gasteiger partial charge in [0.1, 0.15) is 5.60 Å². The number of methoxy groups -OCH3 is 1. The number of amides is 1. The van der Waals surface area contributed by atoms with E-state index < -0.39 is 5.60 Å². The van der Waals surface area contributed by atoms with Crippen molar-refractivity contribution in [3.63, 3.8) is 0 Å². The van der Waals surface area contributed by atoms with Gasteiger partial charge in [0.05, 0.1) is 23.4 Å². The van der Waals surface area contributed by atoms with Crippen LogP contribution < -0.4 is 15.5 Å². The van der Waals surface area contributed by atoms with Crippen LogP contribution in [-0.2, 0) is 14.3 Å². The van der Waals surface area contributed by atoms with Gasteiger partial charge in [-0.3, -0.25) is 4.79 Å². The van der Waals surface area contributed by atoms with E-state index in [1.165, 1.54) is 0 Å². The first-order valence-electron chi connectivity index (χ1n) is 9.01. The van der Waals surface area contributed by atoms with E-state index >= 15 is 0 Å². The summed E-state index contributed by atoms with van der Waals surface area (Å²) in [6, 6.07) is 5.88. The van der Waals surface area contributed by atoms with Crippen LogP contribution in [0.15, 0.2) is 18.2 Å². The Morgan fingerprint density at radius 1 is 1.35 bits per heavy atom. The molecule has 3 heterocycles.